The van der Waals surface area contributed by atoms with Crippen molar-refractivity contribution in [3.05, 3.63) is 36.5 Å². The molecule has 0 heterocycles. The summed E-state index contributed by atoms with van der Waals surface area (Å²) >= 11 is 0. The van der Waals surface area contributed by atoms with Crippen LogP contribution in [0, 0.1) is 5.92 Å². The molecule has 0 aromatic rings. The van der Waals surface area contributed by atoms with Gasteiger partial charge in [0.2, 0.25) is 0 Å². The Bertz CT molecular complexity index is 1250. The quantitative estimate of drug-likeness (QED) is 0.0145. The summed E-state index contributed by atoms with van der Waals surface area (Å²) in [6.45, 7) is 3.70. The van der Waals surface area contributed by atoms with Crippen LogP contribution in [-0.4, -0.2) is 92.8 Å². The highest BCUT2D eigenvalue weighted by molar-refractivity contribution is 7.47. The lowest BCUT2D eigenvalue weighted by molar-refractivity contribution is -0.161. The van der Waals surface area contributed by atoms with Gasteiger partial charge < -0.3 is 39.5 Å². The van der Waals surface area contributed by atoms with Crippen molar-refractivity contribution in [2.45, 2.75) is 193 Å². The number of ether oxygens (including phenoxy) is 2. The van der Waals surface area contributed by atoms with Crippen LogP contribution in [0.3, 0.4) is 0 Å². The maximum absolute atomic E-state index is 12.7. The van der Waals surface area contributed by atoms with Gasteiger partial charge in [0.05, 0.1) is 32.0 Å². The molecule has 0 saturated carbocycles. The zero-order valence-corrected chi connectivity index (χ0v) is 38.5. The molecule has 6 N–H and O–H groups in total. The first kappa shape index (κ1) is 58.3. The van der Waals surface area contributed by atoms with Gasteiger partial charge >= 0.3 is 27.6 Å². The van der Waals surface area contributed by atoms with E-state index in [2.05, 4.69) is 48.0 Å². The fraction of sp³-hybridized carbons (Fsp3) is 0.814. The van der Waals surface area contributed by atoms with Crippen LogP contribution in [0.2, 0.25) is 0 Å². The smallest absolute Gasteiger partial charge is 0.462 e. The first-order valence-corrected chi connectivity index (χ1v) is 25.2. The van der Waals surface area contributed by atoms with Gasteiger partial charge in [0, 0.05) is 12.8 Å². The van der Waals surface area contributed by atoms with E-state index >= 15 is 0 Å². The Hall–Kier alpha value is -1.74. The van der Waals surface area contributed by atoms with Crippen LogP contribution in [0.15, 0.2) is 36.5 Å². The lowest BCUT2D eigenvalue weighted by Gasteiger charge is -2.21. The molecule has 17 heteroatoms. The Balaban J connectivity index is 4.75. The molecule has 0 aliphatic heterocycles. The molecule has 60 heavy (non-hydrogen) atoms. The predicted octanol–water partition coefficient (Wildman–Crippen LogP) is 9.08. The van der Waals surface area contributed by atoms with E-state index in [1.807, 2.05) is 12.2 Å². The molecule has 0 rings (SSSR count). The Morgan fingerprint density at radius 2 is 1.10 bits per heavy atom. The van der Waals surface area contributed by atoms with Crippen LogP contribution in [0.5, 0.6) is 0 Å². The summed E-state index contributed by atoms with van der Waals surface area (Å²) in [5, 5.41) is 30.5. The van der Waals surface area contributed by atoms with E-state index < -0.39 is 78.4 Å². The van der Waals surface area contributed by atoms with Crippen LogP contribution >= 0.6 is 15.6 Å². The average molecular weight is 899 g/mol. The van der Waals surface area contributed by atoms with Gasteiger partial charge in [-0.15, -0.1) is 0 Å². The van der Waals surface area contributed by atoms with Gasteiger partial charge in [-0.3, -0.25) is 23.2 Å². The normalized spacial score (nSPS) is 15.5. The lowest BCUT2D eigenvalue weighted by atomic mass is 10.0. The molecule has 0 aliphatic carbocycles. The maximum atomic E-state index is 12.7. The minimum atomic E-state index is -4.90. The summed E-state index contributed by atoms with van der Waals surface area (Å²) in [5.41, 5.74) is 0. The van der Waals surface area contributed by atoms with Crippen molar-refractivity contribution >= 4 is 27.6 Å². The monoisotopic (exact) mass is 898 g/mol. The molecule has 5 atom stereocenters. The number of aliphatic hydroxyl groups is 3. The number of phosphoric acid groups is 2. The molecule has 0 bridgehead atoms. The number of aliphatic hydroxyl groups excluding tert-OH is 3. The summed E-state index contributed by atoms with van der Waals surface area (Å²) in [6.07, 6.45) is 27.4. The number of carbonyl (C=O) groups excluding carboxylic acids is 2. The summed E-state index contributed by atoms with van der Waals surface area (Å²) in [5.74, 6) is -0.543. The van der Waals surface area contributed by atoms with Crippen molar-refractivity contribution < 1.29 is 71.8 Å². The third-order valence-electron chi connectivity index (χ3n) is 9.40. The fourth-order valence-corrected chi connectivity index (χ4v) is 7.03. The minimum absolute atomic E-state index is 0.0943. The van der Waals surface area contributed by atoms with E-state index in [0.29, 0.717) is 12.8 Å². The van der Waals surface area contributed by atoms with Crippen molar-refractivity contribution in [1.82, 2.24) is 0 Å². The molecular formula is C43H80O15P2. The molecule has 0 radical (unpaired) electrons. The molecule has 3 unspecified atom stereocenters. The van der Waals surface area contributed by atoms with Crippen molar-refractivity contribution in [2.75, 3.05) is 26.4 Å². The summed E-state index contributed by atoms with van der Waals surface area (Å²) in [6, 6.07) is 0. The van der Waals surface area contributed by atoms with Gasteiger partial charge in [0.15, 0.2) is 6.10 Å². The molecule has 0 spiro atoms. The second-order valence-corrected chi connectivity index (χ2v) is 18.5. The molecule has 0 aromatic heterocycles. The van der Waals surface area contributed by atoms with Crippen LogP contribution in [0.1, 0.15) is 168 Å². The molecule has 0 aliphatic rings. The van der Waals surface area contributed by atoms with Crippen molar-refractivity contribution in [2.24, 2.45) is 5.92 Å². The topological polar surface area (TPSA) is 236 Å². The van der Waals surface area contributed by atoms with Crippen molar-refractivity contribution in [1.29, 1.82) is 0 Å². The van der Waals surface area contributed by atoms with Gasteiger partial charge in [-0.25, -0.2) is 9.13 Å². The number of allylic oxidation sites excluding steroid dienone is 5. The van der Waals surface area contributed by atoms with E-state index in [9.17, 15) is 38.9 Å². The van der Waals surface area contributed by atoms with E-state index in [1.54, 1.807) is 6.08 Å². The molecule has 0 saturated heterocycles. The van der Waals surface area contributed by atoms with Gasteiger partial charge in [0.1, 0.15) is 12.7 Å². The zero-order valence-electron chi connectivity index (χ0n) is 36.7. The summed E-state index contributed by atoms with van der Waals surface area (Å²) in [4.78, 5) is 52.7. The average Bonchev–Trinajstić information content (AvgIpc) is 3.19. The first-order valence-electron chi connectivity index (χ1n) is 22.2. The number of hydrogen-bond donors (Lipinski definition) is 6. The molecule has 352 valence electrons. The largest absolute Gasteiger partial charge is 0.472 e. The van der Waals surface area contributed by atoms with Crippen molar-refractivity contribution in [3.8, 4) is 0 Å². The maximum Gasteiger partial charge on any atom is 0.472 e. The van der Waals surface area contributed by atoms with Gasteiger partial charge in [-0.05, 0) is 57.3 Å². The predicted molar refractivity (Wildman–Crippen MR) is 233 cm³/mol. The lowest BCUT2D eigenvalue weighted by Crippen LogP contribution is -2.30. The van der Waals surface area contributed by atoms with E-state index in [0.717, 1.165) is 44.4 Å². The van der Waals surface area contributed by atoms with Crippen LogP contribution in [0.4, 0.5) is 0 Å². The number of esters is 2. The standard InChI is InChI=1S/C43H80O15P2/c1-4-5-6-7-8-9-10-13-16-19-22-25-29-40(45)41(46)30-27-32-43(48)58-39(36-57-60(52,53)56-34-38(44)33-55-59(49,50)51)35-54-42(47)31-26-23-20-17-14-11-12-15-18-21-24-28-37(2)3/h8-9,13,16,22,25,37-41,44-46H,4-7,10-12,14-15,17-21,23-24,26-36H2,1-3H3,(H,52,53)(H2,49,50,51)/b9-8-,16-13-,25-22-/t38-,39+,40?,41?/m0/s1. The number of hydrogen-bond acceptors (Lipinski definition) is 12. The Kier molecular flexibility index (Phi) is 36.7. The van der Waals surface area contributed by atoms with Crippen LogP contribution in [-0.2, 0) is 41.8 Å². The second-order valence-electron chi connectivity index (χ2n) is 15.8. The summed E-state index contributed by atoms with van der Waals surface area (Å²) in [7, 11) is -9.78. The SMILES string of the molecule is CCCCC/C=C\C/C=C\C/C=C\CC(O)C(O)CCCC(=O)O[C@H](COC(=O)CCCCCCCCCCCCCC(C)C)COP(=O)(O)OC[C@@H](O)COP(=O)(O)O. The van der Waals surface area contributed by atoms with Gasteiger partial charge in [-0.1, -0.05) is 141 Å². The van der Waals surface area contributed by atoms with E-state index in [-0.39, 0.29) is 32.1 Å². The van der Waals surface area contributed by atoms with Crippen LogP contribution < -0.4 is 0 Å². The Morgan fingerprint density at radius 3 is 1.70 bits per heavy atom. The summed E-state index contributed by atoms with van der Waals surface area (Å²) < 4.78 is 47.6. The zero-order chi connectivity index (χ0) is 44.9. The number of phosphoric ester groups is 2. The Morgan fingerprint density at radius 1 is 0.567 bits per heavy atom. The highest BCUT2D eigenvalue weighted by Crippen LogP contribution is 2.43. The number of rotatable bonds is 41. The van der Waals surface area contributed by atoms with Crippen molar-refractivity contribution in [3.63, 3.8) is 0 Å². The molecule has 0 amide bonds. The Labute approximate surface area is 360 Å². The number of unbranched alkanes of at least 4 members (excludes halogenated alkanes) is 13. The second kappa shape index (κ2) is 37.8. The highest BCUT2D eigenvalue weighted by Gasteiger charge is 2.28. The third-order valence-corrected chi connectivity index (χ3v) is 10.8. The number of carbonyl (C=O) groups is 2. The fourth-order valence-electron chi connectivity index (χ4n) is 5.87. The van der Waals surface area contributed by atoms with Gasteiger partial charge in [-0.2, -0.15) is 0 Å². The van der Waals surface area contributed by atoms with Crippen LogP contribution in [0.25, 0.3) is 0 Å². The molecular weight excluding hydrogens is 818 g/mol. The molecule has 15 nitrogen and oxygen atoms in total. The third kappa shape index (κ3) is 40.3. The van der Waals surface area contributed by atoms with E-state index in [4.69, 9.17) is 23.8 Å². The van der Waals surface area contributed by atoms with E-state index in [1.165, 1.54) is 64.2 Å². The molecule has 0 fully saturated rings. The minimum Gasteiger partial charge on any atom is -0.462 e. The first-order chi connectivity index (χ1) is 28.5. The highest BCUT2D eigenvalue weighted by atomic mass is 31.2. The molecule has 0 aromatic carbocycles. The van der Waals surface area contributed by atoms with Gasteiger partial charge in [0.25, 0.3) is 0 Å².